The topological polar surface area (TPSA) is 57.2 Å². The number of carbonyl (C=O) groups is 1. The van der Waals surface area contributed by atoms with E-state index in [-0.39, 0.29) is 5.91 Å². The van der Waals surface area contributed by atoms with E-state index in [4.69, 9.17) is 10.5 Å². The Bertz CT molecular complexity index is 987. The van der Waals surface area contributed by atoms with Gasteiger partial charge >= 0.3 is 0 Å². The standard InChI is InChI=1S/C24H30N2O2S/c1-5-6-9-20-23(18-10-11-21(28-4)16(2)15-18)22(24(25)27)17(3)26(20)13-12-19-8-7-14-29-19/h7-8,10-11,14-15H,5-6,9,12-13H2,1-4H3,(H2,25,27). The first kappa shape index (κ1) is 21.2. The molecule has 3 rings (SSSR count). The highest BCUT2D eigenvalue weighted by atomic mass is 32.1. The maximum absolute atomic E-state index is 12.5. The molecule has 0 bridgehead atoms. The second-order valence-corrected chi connectivity index (χ2v) is 8.45. The van der Waals surface area contributed by atoms with E-state index in [1.165, 1.54) is 10.6 Å². The van der Waals surface area contributed by atoms with Crippen LogP contribution < -0.4 is 10.5 Å². The fourth-order valence-electron chi connectivity index (χ4n) is 4.03. The maximum atomic E-state index is 12.5. The second kappa shape index (κ2) is 9.31. The number of benzene rings is 1. The molecule has 4 nitrogen and oxygen atoms in total. The van der Waals surface area contributed by atoms with E-state index < -0.39 is 0 Å². The van der Waals surface area contributed by atoms with Gasteiger partial charge in [0.15, 0.2) is 0 Å². The van der Waals surface area contributed by atoms with Gasteiger partial charge in [-0.1, -0.05) is 25.5 Å². The lowest BCUT2D eigenvalue weighted by molar-refractivity contribution is 0.1000. The predicted molar refractivity (Wildman–Crippen MR) is 121 cm³/mol. The third-order valence-corrected chi connectivity index (χ3v) is 6.43. The number of methoxy groups -OCH3 is 1. The van der Waals surface area contributed by atoms with Crippen LogP contribution in [0.5, 0.6) is 5.75 Å². The van der Waals surface area contributed by atoms with Crippen LogP contribution in [0.4, 0.5) is 0 Å². The van der Waals surface area contributed by atoms with Crippen molar-refractivity contribution in [1.82, 2.24) is 4.57 Å². The lowest BCUT2D eigenvalue weighted by atomic mass is 9.96. The van der Waals surface area contributed by atoms with Gasteiger partial charge in [-0.2, -0.15) is 0 Å². The first-order chi connectivity index (χ1) is 14.0. The van der Waals surface area contributed by atoms with Crippen molar-refractivity contribution in [3.8, 4) is 16.9 Å². The van der Waals surface area contributed by atoms with Crippen molar-refractivity contribution in [3.05, 3.63) is 63.1 Å². The lowest BCUT2D eigenvalue weighted by Crippen LogP contribution is -2.13. The molecule has 0 unspecified atom stereocenters. The molecule has 0 atom stereocenters. The van der Waals surface area contributed by atoms with Gasteiger partial charge in [0.2, 0.25) is 0 Å². The Kier molecular flexibility index (Phi) is 6.80. The molecule has 2 heterocycles. The number of unbranched alkanes of at least 4 members (excludes halogenated alkanes) is 1. The Morgan fingerprint density at radius 3 is 2.59 bits per heavy atom. The third-order valence-electron chi connectivity index (χ3n) is 5.49. The molecule has 0 radical (unpaired) electrons. The largest absolute Gasteiger partial charge is 0.496 e. The van der Waals surface area contributed by atoms with E-state index in [9.17, 15) is 4.79 Å². The fourth-order valence-corrected chi connectivity index (χ4v) is 4.73. The van der Waals surface area contributed by atoms with Crippen LogP contribution in [0.15, 0.2) is 35.7 Å². The summed E-state index contributed by atoms with van der Waals surface area (Å²) in [5.41, 5.74) is 11.8. The minimum atomic E-state index is -0.362. The summed E-state index contributed by atoms with van der Waals surface area (Å²) in [5, 5.41) is 2.11. The van der Waals surface area contributed by atoms with Gasteiger partial charge in [0, 0.05) is 28.4 Å². The number of nitrogens with two attached hydrogens (primary N) is 1. The van der Waals surface area contributed by atoms with Crippen LogP contribution >= 0.6 is 11.3 Å². The monoisotopic (exact) mass is 410 g/mol. The Balaban J connectivity index is 2.14. The van der Waals surface area contributed by atoms with Crippen molar-refractivity contribution < 1.29 is 9.53 Å². The number of aromatic nitrogens is 1. The van der Waals surface area contributed by atoms with Gasteiger partial charge < -0.3 is 15.0 Å². The average molecular weight is 411 g/mol. The van der Waals surface area contributed by atoms with Crippen molar-refractivity contribution in [2.24, 2.45) is 5.73 Å². The van der Waals surface area contributed by atoms with Crippen molar-refractivity contribution in [3.63, 3.8) is 0 Å². The summed E-state index contributed by atoms with van der Waals surface area (Å²) in [6, 6.07) is 10.3. The number of carbonyl (C=O) groups excluding carboxylic acids is 1. The number of ether oxygens (including phenoxy) is 1. The molecule has 5 heteroatoms. The van der Waals surface area contributed by atoms with Crippen LogP contribution in [0.1, 0.15) is 52.0 Å². The summed E-state index contributed by atoms with van der Waals surface area (Å²) in [6.45, 7) is 7.08. The van der Waals surface area contributed by atoms with Crippen molar-refractivity contribution in [2.75, 3.05) is 7.11 Å². The molecule has 3 aromatic rings. The summed E-state index contributed by atoms with van der Waals surface area (Å²) >= 11 is 1.77. The molecule has 154 valence electrons. The van der Waals surface area contributed by atoms with E-state index in [0.29, 0.717) is 5.56 Å². The minimum Gasteiger partial charge on any atom is -0.496 e. The van der Waals surface area contributed by atoms with Crippen molar-refractivity contribution in [2.45, 2.75) is 53.0 Å². The molecule has 29 heavy (non-hydrogen) atoms. The van der Waals surface area contributed by atoms with Gasteiger partial charge in [0.25, 0.3) is 5.91 Å². The number of hydrogen-bond acceptors (Lipinski definition) is 3. The number of amides is 1. The first-order valence-electron chi connectivity index (χ1n) is 10.2. The molecule has 0 aliphatic rings. The zero-order chi connectivity index (χ0) is 21.0. The molecule has 1 amide bonds. The lowest BCUT2D eigenvalue weighted by Gasteiger charge is -2.14. The second-order valence-electron chi connectivity index (χ2n) is 7.42. The third kappa shape index (κ3) is 4.40. The van der Waals surface area contributed by atoms with Crippen LogP contribution in [-0.2, 0) is 19.4 Å². The molecule has 0 saturated heterocycles. The molecule has 0 fully saturated rings. The molecular formula is C24H30N2O2S. The number of primary amides is 1. The average Bonchev–Trinajstić information content (AvgIpc) is 3.30. The zero-order valence-electron chi connectivity index (χ0n) is 17.7. The molecule has 0 aliphatic heterocycles. The number of aryl methyl sites for hydroxylation is 2. The van der Waals surface area contributed by atoms with Gasteiger partial charge in [0.1, 0.15) is 5.75 Å². The van der Waals surface area contributed by atoms with Gasteiger partial charge in [0.05, 0.1) is 12.7 Å². The zero-order valence-corrected chi connectivity index (χ0v) is 18.6. The van der Waals surface area contributed by atoms with E-state index in [1.807, 2.05) is 26.0 Å². The number of nitrogens with zero attached hydrogens (tertiary/aromatic N) is 1. The SMILES string of the molecule is CCCCc1c(-c2ccc(OC)c(C)c2)c(C(N)=O)c(C)n1CCc1cccs1. The van der Waals surface area contributed by atoms with Crippen LogP contribution in [0, 0.1) is 13.8 Å². The Hall–Kier alpha value is -2.53. The number of thiophene rings is 1. The normalized spacial score (nSPS) is 11.0. The summed E-state index contributed by atoms with van der Waals surface area (Å²) in [4.78, 5) is 13.8. The quantitative estimate of drug-likeness (QED) is 0.504. The smallest absolute Gasteiger partial charge is 0.251 e. The molecule has 2 aromatic heterocycles. The summed E-state index contributed by atoms with van der Waals surface area (Å²) in [5.74, 6) is 0.483. The minimum absolute atomic E-state index is 0.362. The molecular weight excluding hydrogens is 380 g/mol. The highest BCUT2D eigenvalue weighted by Gasteiger charge is 2.24. The highest BCUT2D eigenvalue weighted by molar-refractivity contribution is 7.09. The fraction of sp³-hybridized carbons (Fsp3) is 0.375. The van der Waals surface area contributed by atoms with Crippen molar-refractivity contribution >= 4 is 17.2 Å². The van der Waals surface area contributed by atoms with E-state index in [2.05, 4.69) is 35.1 Å². The number of rotatable bonds is 9. The van der Waals surface area contributed by atoms with Gasteiger partial charge in [-0.3, -0.25) is 4.79 Å². The Labute approximate surface area is 177 Å². The first-order valence-corrected chi connectivity index (χ1v) is 11.0. The molecule has 0 spiro atoms. The van der Waals surface area contributed by atoms with Crippen LogP contribution in [0.25, 0.3) is 11.1 Å². The molecule has 0 saturated carbocycles. The summed E-state index contributed by atoms with van der Waals surface area (Å²) in [6.07, 6.45) is 4.05. The van der Waals surface area contributed by atoms with Gasteiger partial charge in [-0.15, -0.1) is 11.3 Å². The molecule has 1 aromatic carbocycles. The van der Waals surface area contributed by atoms with E-state index >= 15 is 0 Å². The van der Waals surface area contributed by atoms with E-state index in [0.717, 1.165) is 60.4 Å². The van der Waals surface area contributed by atoms with Crippen LogP contribution in [-0.4, -0.2) is 17.6 Å². The van der Waals surface area contributed by atoms with Gasteiger partial charge in [-0.05, 0) is 67.8 Å². The van der Waals surface area contributed by atoms with E-state index in [1.54, 1.807) is 18.4 Å². The highest BCUT2D eigenvalue weighted by Crippen LogP contribution is 2.36. The number of hydrogen-bond donors (Lipinski definition) is 1. The Morgan fingerprint density at radius 2 is 2.00 bits per heavy atom. The van der Waals surface area contributed by atoms with Crippen LogP contribution in [0.3, 0.4) is 0 Å². The maximum Gasteiger partial charge on any atom is 0.251 e. The molecule has 0 aliphatic carbocycles. The van der Waals surface area contributed by atoms with Crippen molar-refractivity contribution in [1.29, 1.82) is 0 Å². The summed E-state index contributed by atoms with van der Waals surface area (Å²) < 4.78 is 7.73. The predicted octanol–water partition coefficient (Wildman–Crippen LogP) is 5.53. The van der Waals surface area contributed by atoms with Gasteiger partial charge in [-0.25, -0.2) is 0 Å². The summed E-state index contributed by atoms with van der Waals surface area (Å²) in [7, 11) is 1.68. The molecule has 2 N–H and O–H groups in total. The van der Waals surface area contributed by atoms with Crippen LogP contribution in [0.2, 0.25) is 0 Å². The Morgan fingerprint density at radius 1 is 1.21 bits per heavy atom.